The molecule has 3 aliphatic rings. The SMILES string of the molecule is C=CC(=O)N1CCn2nc(-c3nc(-c4ccc5c(c4)CN(CCO)CC5(F)F)c4c(c3-c3c(F)cc(F)cc3OCCOC)CCC4)cc2C1C. The molecule has 0 fully saturated rings. The maximum atomic E-state index is 16.2. The first kappa shape index (κ1) is 34.8. The van der Waals surface area contributed by atoms with Crippen molar-refractivity contribution in [2.45, 2.75) is 51.2 Å². The Morgan fingerprint density at radius 3 is 2.65 bits per heavy atom. The molecule has 0 spiro atoms. The smallest absolute Gasteiger partial charge is 0.285 e. The van der Waals surface area contributed by atoms with Crippen molar-refractivity contribution in [3.05, 3.63) is 88.6 Å². The lowest BCUT2D eigenvalue weighted by atomic mass is 9.89. The van der Waals surface area contributed by atoms with Gasteiger partial charge in [-0.15, -0.1) is 0 Å². The number of aliphatic hydroxyl groups excluding tert-OH is 1. The van der Waals surface area contributed by atoms with Crippen molar-refractivity contribution in [3.8, 4) is 39.5 Å². The molecule has 51 heavy (non-hydrogen) atoms. The maximum Gasteiger partial charge on any atom is 0.285 e. The highest BCUT2D eigenvalue weighted by Gasteiger charge is 2.40. The predicted molar refractivity (Wildman–Crippen MR) is 182 cm³/mol. The number of methoxy groups -OCH3 is 1. The zero-order chi connectivity index (χ0) is 36.0. The molecule has 1 aliphatic carbocycles. The summed E-state index contributed by atoms with van der Waals surface area (Å²) in [4.78, 5) is 21.1. The van der Waals surface area contributed by atoms with Crippen LogP contribution in [0.25, 0.3) is 33.8 Å². The summed E-state index contributed by atoms with van der Waals surface area (Å²) in [5.41, 5.74) is 5.17. The van der Waals surface area contributed by atoms with Crippen LogP contribution in [-0.2, 0) is 41.4 Å². The Hall–Kier alpha value is -4.59. The van der Waals surface area contributed by atoms with Crippen molar-refractivity contribution < 1.29 is 36.9 Å². The molecule has 9 nitrogen and oxygen atoms in total. The molecule has 4 heterocycles. The fraction of sp³-hybridized carbons (Fsp3) is 0.395. The molecule has 1 N–H and O–H groups in total. The third kappa shape index (κ3) is 6.31. The number of amides is 1. The van der Waals surface area contributed by atoms with Gasteiger partial charge < -0.3 is 19.5 Å². The highest BCUT2D eigenvalue weighted by atomic mass is 19.3. The third-order valence-corrected chi connectivity index (χ3v) is 10.0. The van der Waals surface area contributed by atoms with Crippen LogP contribution in [0.4, 0.5) is 17.6 Å². The van der Waals surface area contributed by atoms with E-state index in [9.17, 15) is 14.3 Å². The molecule has 0 saturated carbocycles. The van der Waals surface area contributed by atoms with Gasteiger partial charge in [0.2, 0.25) is 5.91 Å². The Morgan fingerprint density at radius 2 is 1.88 bits per heavy atom. The number of aromatic nitrogens is 3. The van der Waals surface area contributed by atoms with Crippen LogP contribution in [0.2, 0.25) is 0 Å². The molecule has 2 aromatic carbocycles. The molecule has 1 unspecified atom stereocenters. The number of hydrogen-bond acceptors (Lipinski definition) is 7. The van der Waals surface area contributed by atoms with Crippen LogP contribution in [-0.4, -0.2) is 82.1 Å². The second-order valence-corrected chi connectivity index (χ2v) is 13.2. The molecule has 13 heteroatoms. The molecule has 4 aromatic rings. The maximum absolute atomic E-state index is 16.2. The second kappa shape index (κ2) is 13.9. The number of nitrogens with zero attached hydrogens (tertiary/aromatic N) is 5. The van der Waals surface area contributed by atoms with Crippen molar-refractivity contribution in [2.75, 3.05) is 46.6 Å². The number of rotatable bonds is 10. The van der Waals surface area contributed by atoms with E-state index in [1.54, 1.807) is 21.7 Å². The Kier molecular flexibility index (Phi) is 9.46. The number of fused-ring (bicyclic) bond motifs is 3. The largest absolute Gasteiger partial charge is 0.490 e. The fourth-order valence-electron chi connectivity index (χ4n) is 7.72. The Labute approximate surface area is 293 Å². The van der Waals surface area contributed by atoms with Crippen molar-refractivity contribution in [3.63, 3.8) is 0 Å². The molecule has 1 atom stereocenters. The summed E-state index contributed by atoms with van der Waals surface area (Å²) >= 11 is 0. The zero-order valence-electron chi connectivity index (χ0n) is 28.5. The van der Waals surface area contributed by atoms with Crippen molar-refractivity contribution in [2.24, 2.45) is 0 Å². The summed E-state index contributed by atoms with van der Waals surface area (Å²) in [5, 5.41) is 14.4. The molecule has 0 saturated heterocycles. The monoisotopic (exact) mass is 705 g/mol. The van der Waals surface area contributed by atoms with Crippen LogP contribution in [0.3, 0.4) is 0 Å². The van der Waals surface area contributed by atoms with Gasteiger partial charge in [0.25, 0.3) is 5.92 Å². The van der Waals surface area contributed by atoms with Gasteiger partial charge in [-0.3, -0.25) is 14.4 Å². The fourth-order valence-corrected chi connectivity index (χ4v) is 7.72. The first-order chi connectivity index (χ1) is 24.5. The van der Waals surface area contributed by atoms with E-state index in [0.29, 0.717) is 59.7 Å². The number of carbonyl (C=O) groups excluding carboxylic acids is 1. The van der Waals surface area contributed by atoms with Crippen LogP contribution >= 0.6 is 0 Å². The van der Waals surface area contributed by atoms with Crippen LogP contribution in [0.15, 0.2) is 49.1 Å². The van der Waals surface area contributed by atoms with Crippen LogP contribution in [0, 0.1) is 11.6 Å². The Morgan fingerprint density at radius 1 is 1.08 bits per heavy atom. The minimum atomic E-state index is -3.10. The quantitative estimate of drug-likeness (QED) is 0.122. The van der Waals surface area contributed by atoms with E-state index >= 15 is 13.2 Å². The first-order valence-electron chi connectivity index (χ1n) is 17.1. The van der Waals surface area contributed by atoms with Crippen LogP contribution in [0.5, 0.6) is 5.75 Å². The van der Waals surface area contributed by atoms with Crippen LogP contribution in [0.1, 0.15) is 47.3 Å². The predicted octanol–water partition coefficient (Wildman–Crippen LogP) is 6.06. The Balaban J connectivity index is 1.46. The standard InChI is InChI=1S/C38H39F4N5O4/c1-4-33(49)46-10-11-47-31(22(46)2)19-30(44-47)37-34(35-29(40)17-25(39)18-32(35)51-15-14-50-3)26-6-5-7-27(26)36(43-37)23-8-9-28-24(16-23)20-45(12-13-48)21-38(28,41)42/h4,8-9,16-19,22,48H,1,5-7,10-15,20-21H2,2-3H3. The van der Waals surface area contributed by atoms with Gasteiger partial charge in [0.15, 0.2) is 0 Å². The van der Waals surface area contributed by atoms with E-state index in [-0.39, 0.29) is 61.7 Å². The minimum absolute atomic E-state index is 0.00506. The lowest BCUT2D eigenvalue weighted by Crippen LogP contribution is -2.41. The summed E-state index contributed by atoms with van der Waals surface area (Å²) in [5.74, 6) is -4.94. The molecule has 7 rings (SSSR count). The third-order valence-electron chi connectivity index (χ3n) is 10.0. The lowest BCUT2D eigenvalue weighted by molar-refractivity contribution is -0.129. The van der Waals surface area contributed by atoms with E-state index in [4.69, 9.17) is 19.6 Å². The minimum Gasteiger partial charge on any atom is -0.490 e. The number of alkyl halides is 2. The first-order valence-corrected chi connectivity index (χ1v) is 17.1. The highest BCUT2D eigenvalue weighted by Crippen LogP contribution is 2.48. The van der Waals surface area contributed by atoms with E-state index in [1.807, 2.05) is 13.0 Å². The molecular weight excluding hydrogens is 666 g/mol. The summed E-state index contributed by atoms with van der Waals surface area (Å²) in [6.07, 6.45) is 3.16. The lowest BCUT2D eigenvalue weighted by Gasteiger charge is -2.34. The molecule has 0 radical (unpaired) electrons. The number of halogens is 4. The molecule has 268 valence electrons. The van der Waals surface area contributed by atoms with Crippen LogP contribution < -0.4 is 4.74 Å². The van der Waals surface area contributed by atoms with E-state index < -0.39 is 24.1 Å². The van der Waals surface area contributed by atoms with Gasteiger partial charge in [0, 0.05) is 55.6 Å². The van der Waals surface area contributed by atoms with Crippen molar-refractivity contribution in [1.29, 1.82) is 0 Å². The second-order valence-electron chi connectivity index (χ2n) is 13.2. The number of β-amino-alcohol motifs (C(OH)–C–C–N with tert-alkyl or cyclic N) is 1. The van der Waals surface area contributed by atoms with Gasteiger partial charge in [0.05, 0.1) is 55.0 Å². The number of pyridine rings is 1. The molecule has 2 aromatic heterocycles. The van der Waals surface area contributed by atoms with Gasteiger partial charge in [0.1, 0.15) is 29.7 Å². The number of benzene rings is 2. The summed E-state index contributed by atoms with van der Waals surface area (Å²) < 4.78 is 74.2. The van der Waals surface area contributed by atoms with Gasteiger partial charge in [-0.05, 0) is 61.1 Å². The van der Waals surface area contributed by atoms with E-state index in [0.717, 1.165) is 35.4 Å². The number of hydrogen-bond donors (Lipinski definition) is 1. The molecular formula is C38H39F4N5O4. The summed E-state index contributed by atoms with van der Waals surface area (Å²) in [6.45, 7) is 6.21. The summed E-state index contributed by atoms with van der Waals surface area (Å²) in [7, 11) is 1.50. The number of carbonyl (C=O) groups is 1. The number of ether oxygens (including phenoxy) is 2. The van der Waals surface area contributed by atoms with Gasteiger partial charge in [-0.2, -0.15) is 13.9 Å². The molecule has 0 bridgehead atoms. The average Bonchev–Trinajstić information content (AvgIpc) is 3.76. The number of aliphatic hydroxyl groups is 1. The normalized spacial score (nSPS) is 17.9. The zero-order valence-corrected chi connectivity index (χ0v) is 28.5. The van der Waals surface area contributed by atoms with Crippen molar-refractivity contribution in [1.82, 2.24) is 24.6 Å². The Bertz CT molecular complexity index is 2010. The molecule has 1 amide bonds. The average molecular weight is 706 g/mol. The molecule has 2 aliphatic heterocycles. The van der Waals surface area contributed by atoms with E-state index in [1.165, 1.54) is 24.2 Å². The van der Waals surface area contributed by atoms with Crippen molar-refractivity contribution >= 4 is 5.91 Å². The summed E-state index contributed by atoms with van der Waals surface area (Å²) in [6, 6.07) is 8.27. The van der Waals surface area contributed by atoms with Gasteiger partial charge >= 0.3 is 0 Å². The van der Waals surface area contributed by atoms with E-state index in [2.05, 4.69) is 6.58 Å². The van der Waals surface area contributed by atoms with Gasteiger partial charge in [-0.25, -0.2) is 13.8 Å². The topological polar surface area (TPSA) is 93.0 Å². The highest BCUT2D eigenvalue weighted by molar-refractivity contribution is 5.90. The van der Waals surface area contributed by atoms with Gasteiger partial charge in [-0.1, -0.05) is 18.7 Å².